The maximum Gasteiger partial charge on any atom is 0.407 e. The minimum absolute atomic E-state index is 0.0692. The van der Waals surface area contributed by atoms with Crippen molar-refractivity contribution in [3.05, 3.63) is 34.9 Å². The van der Waals surface area contributed by atoms with Gasteiger partial charge in [-0.25, -0.2) is 4.79 Å². The third-order valence-corrected chi connectivity index (χ3v) is 6.42. The summed E-state index contributed by atoms with van der Waals surface area (Å²) < 4.78 is 4.60. The molecule has 1 aromatic carbocycles. The largest absolute Gasteiger partial charge is 0.453 e. The van der Waals surface area contributed by atoms with E-state index in [1.807, 2.05) is 4.90 Å². The molecule has 1 N–H and O–H groups in total. The fourth-order valence-electron chi connectivity index (χ4n) is 4.59. The molecule has 0 radical (unpaired) electrons. The number of hydrogen-bond acceptors (Lipinski definition) is 3. The standard InChI is InChI=1S/C20H26N2O3/c1-11-4-5-13(6-12(11)2)18-16-9-22(10-17(16)18)19(23)14-7-15(8-14)21-20(24)25-3/h4-6,14-18H,7-10H2,1-3H3,(H,21,24)/t14?,15?,16-,17+,18?. The van der Waals surface area contributed by atoms with Gasteiger partial charge in [-0.1, -0.05) is 18.2 Å². The van der Waals surface area contributed by atoms with Gasteiger partial charge in [-0.05, 0) is 61.1 Å². The molecule has 4 rings (SSSR count). The van der Waals surface area contributed by atoms with Crippen LogP contribution in [0.15, 0.2) is 18.2 Å². The van der Waals surface area contributed by atoms with E-state index in [1.165, 1.54) is 23.8 Å². The summed E-state index contributed by atoms with van der Waals surface area (Å²) in [6, 6.07) is 6.87. The molecule has 2 saturated carbocycles. The molecule has 1 aromatic rings. The molecule has 3 aliphatic rings. The van der Waals surface area contributed by atoms with Crippen molar-refractivity contribution in [1.82, 2.24) is 10.2 Å². The second-order valence-corrected chi connectivity index (χ2v) is 7.94. The van der Waals surface area contributed by atoms with Crippen LogP contribution in [0.1, 0.15) is 35.4 Å². The van der Waals surface area contributed by atoms with E-state index in [9.17, 15) is 9.59 Å². The summed E-state index contributed by atoms with van der Waals surface area (Å²) in [4.78, 5) is 25.8. The zero-order valence-electron chi connectivity index (χ0n) is 15.1. The highest BCUT2D eigenvalue weighted by Crippen LogP contribution is 2.58. The smallest absolute Gasteiger partial charge is 0.407 e. The number of aryl methyl sites for hydroxylation is 2. The van der Waals surface area contributed by atoms with Crippen LogP contribution in [0, 0.1) is 31.6 Å². The molecule has 3 atom stereocenters. The Morgan fingerprint density at radius 2 is 1.80 bits per heavy atom. The van der Waals surface area contributed by atoms with E-state index in [2.05, 4.69) is 42.1 Å². The molecule has 2 amide bonds. The van der Waals surface area contributed by atoms with Crippen LogP contribution in [-0.2, 0) is 9.53 Å². The second-order valence-electron chi connectivity index (χ2n) is 7.94. The number of fused-ring (bicyclic) bond motifs is 1. The predicted molar refractivity (Wildman–Crippen MR) is 94.3 cm³/mol. The molecule has 25 heavy (non-hydrogen) atoms. The molecule has 0 aromatic heterocycles. The molecule has 134 valence electrons. The van der Waals surface area contributed by atoms with Gasteiger partial charge in [0.2, 0.25) is 5.91 Å². The van der Waals surface area contributed by atoms with Gasteiger partial charge in [0.05, 0.1) is 7.11 Å². The molecular formula is C20H26N2O3. The van der Waals surface area contributed by atoms with Crippen LogP contribution < -0.4 is 5.32 Å². The van der Waals surface area contributed by atoms with E-state index < -0.39 is 6.09 Å². The molecule has 0 spiro atoms. The van der Waals surface area contributed by atoms with Crippen LogP contribution in [0.25, 0.3) is 0 Å². The fraction of sp³-hybridized carbons (Fsp3) is 0.600. The van der Waals surface area contributed by atoms with Crippen LogP contribution in [0.5, 0.6) is 0 Å². The third kappa shape index (κ3) is 2.90. The maximum absolute atomic E-state index is 12.6. The van der Waals surface area contributed by atoms with Crippen LogP contribution >= 0.6 is 0 Å². The Morgan fingerprint density at radius 3 is 2.40 bits per heavy atom. The number of benzene rings is 1. The second kappa shape index (κ2) is 6.04. The van der Waals surface area contributed by atoms with Crippen molar-refractivity contribution >= 4 is 12.0 Å². The lowest BCUT2D eigenvalue weighted by Crippen LogP contribution is -2.50. The number of nitrogens with one attached hydrogen (secondary N) is 1. The van der Waals surface area contributed by atoms with E-state index in [0.717, 1.165) is 25.9 Å². The first-order chi connectivity index (χ1) is 12.0. The Morgan fingerprint density at radius 1 is 1.12 bits per heavy atom. The number of carbonyl (C=O) groups is 2. The number of nitrogens with zero attached hydrogens (tertiary/aromatic N) is 1. The van der Waals surface area contributed by atoms with Gasteiger partial charge in [-0.15, -0.1) is 0 Å². The predicted octanol–water partition coefficient (Wildman–Crippen LogP) is 2.61. The van der Waals surface area contributed by atoms with Crippen LogP contribution in [0.4, 0.5) is 4.79 Å². The zero-order valence-corrected chi connectivity index (χ0v) is 15.1. The monoisotopic (exact) mass is 342 g/mol. The SMILES string of the molecule is COC(=O)NC1CC(C(=O)N2C[C@@H]3C(c4ccc(C)c(C)c4)[C@@H]3C2)C1. The molecule has 1 saturated heterocycles. The zero-order chi connectivity index (χ0) is 17.7. The number of amides is 2. The summed E-state index contributed by atoms with van der Waals surface area (Å²) in [5.41, 5.74) is 4.14. The van der Waals surface area contributed by atoms with Crippen molar-refractivity contribution in [2.24, 2.45) is 17.8 Å². The molecular weight excluding hydrogens is 316 g/mol. The van der Waals surface area contributed by atoms with Gasteiger partial charge in [0.1, 0.15) is 0 Å². The van der Waals surface area contributed by atoms with Gasteiger partial charge in [-0.2, -0.15) is 0 Å². The third-order valence-electron chi connectivity index (χ3n) is 6.42. The van der Waals surface area contributed by atoms with Crippen molar-refractivity contribution in [2.75, 3.05) is 20.2 Å². The van der Waals surface area contributed by atoms with Gasteiger partial charge in [0.25, 0.3) is 0 Å². The molecule has 2 aliphatic carbocycles. The highest BCUT2D eigenvalue weighted by atomic mass is 16.5. The highest BCUT2D eigenvalue weighted by molar-refractivity contribution is 5.81. The van der Waals surface area contributed by atoms with Gasteiger partial charge in [0.15, 0.2) is 0 Å². The van der Waals surface area contributed by atoms with Gasteiger partial charge in [-0.3, -0.25) is 4.79 Å². The fourth-order valence-corrected chi connectivity index (χ4v) is 4.59. The number of ether oxygens (including phenoxy) is 1. The first-order valence-corrected chi connectivity index (χ1v) is 9.18. The summed E-state index contributed by atoms with van der Waals surface area (Å²) in [6.45, 7) is 6.11. The molecule has 1 heterocycles. The number of alkyl carbamates (subject to hydrolysis) is 1. The lowest BCUT2D eigenvalue weighted by Gasteiger charge is -2.37. The topological polar surface area (TPSA) is 58.6 Å². The van der Waals surface area contributed by atoms with Crippen molar-refractivity contribution in [2.45, 2.75) is 38.6 Å². The van der Waals surface area contributed by atoms with Crippen molar-refractivity contribution in [3.63, 3.8) is 0 Å². The summed E-state index contributed by atoms with van der Waals surface area (Å²) in [7, 11) is 1.36. The number of likely N-dealkylation sites (tertiary alicyclic amines) is 1. The Hall–Kier alpha value is -2.04. The number of hydrogen-bond donors (Lipinski definition) is 1. The Kier molecular flexibility index (Phi) is 3.97. The Labute approximate surface area is 148 Å². The Balaban J connectivity index is 1.28. The van der Waals surface area contributed by atoms with Crippen LogP contribution in [0.2, 0.25) is 0 Å². The summed E-state index contributed by atoms with van der Waals surface area (Å²) in [6.07, 6.45) is 1.07. The summed E-state index contributed by atoms with van der Waals surface area (Å²) in [5, 5.41) is 2.77. The first-order valence-electron chi connectivity index (χ1n) is 9.18. The molecule has 1 aliphatic heterocycles. The van der Waals surface area contributed by atoms with E-state index in [0.29, 0.717) is 17.8 Å². The minimum atomic E-state index is -0.408. The molecule has 1 unspecified atom stereocenters. The van der Waals surface area contributed by atoms with E-state index in [1.54, 1.807) is 0 Å². The van der Waals surface area contributed by atoms with Crippen molar-refractivity contribution in [3.8, 4) is 0 Å². The lowest BCUT2D eigenvalue weighted by molar-refractivity contribution is -0.138. The van der Waals surface area contributed by atoms with Crippen molar-refractivity contribution < 1.29 is 14.3 Å². The van der Waals surface area contributed by atoms with Gasteiger partial charge >= 0.3 is 6.09 Å². The van der Waals surface area contributed by atoms with Gasteiger partial charge in [0, 0.05) is 25.0 Å². The normalized spacial score (nSPS) is 32.6. The van der Waals surface area contributed by atoms with E-state index in [-0.39, 0.29) is 17.9 Å². The summed E-state index contributed by atoms with van der Waals surface area (Å²) in [5.74, 6) is 2.25. The van der Waals surface area contributed by atoms with Crippen molar-refractivity contribution in [1.29, 1.82) is 0 Å². The average Bonchev–Trinajstić information content (AvgIpc) is 3.05. The van der Waals surface area contributed by atoms with Gasteiger partial charge < -0.3 is 15.0 Å². The highest BCUT2D eigenvalue weighted by Gasteiger charge is 2.57. The van der Waals surface area contributed by atoms with Crippen LogP contribution in [-0.4, -0.2) is 43.1 Å². The number of rotatable bonds is 3. The maximum atomic E-state index is 12.6. The first kappa shape index (κ1) is 16.4. The van der Waals surface area contributed by atoms with E-state index in [4.69, 9.17) is 0 Å². The number of carbonyl (C=O) groups excluding carboxylic acids is 2. The molecule has 0 bridgehead atoms. The average molecular weight is 342 g/mol. The lowest BCUT2D eigenvalue weighted by atomic mass is 9.79. The molecule has 5 heteroatoms. The quantitative estimate of drug-likeness (QED) is 0.919. The van der Waals surface area contributed by atoms with Crippen LogP contribution in [0.3, 0.4) is 0 Å². The number of piperidine rings is 1. The molecule has 3 fully saturated rings. The molecule has 5 nitrogen and oxygen atoms in total. The number of methoxy groups -OCH3 is 1. The summed E-state index contributed by atoms with van der Waals surface area (Å²) >= 11 is 0. The van der Waals surface area contributed by atoms with E-state index >= 15 is 0 Å². The Bertz CT molecular complexity index is 699. The minimum Gasteiger partial charge on any atom is -0.453 e.